The van der Waals surface area contributed by atoms with Crippen LogP contribution in [0.5, 0.6) is 0 Å². The number of ether oxygens (including phenoxy) is 1. The number of nitrogens with zero attached hydrogens (tertiary/aromatic N) is 2. The predicted octanol–water partition coefficient (Wildman–Crippen LogP) is 3.40. The van der Waals surface area contributed by atoms with E-state index in [1.807, 2.05) is 0 Å². The Bertz CT molecular complexity index is 540. The van der Waals surface area contributed by atoms with E-state index in [0.717, 1.165) is 39.0 Å². The maximum Gasteiger partial charge on any atom is 0.0900 e. The molecule has 1 N–H and O–H groups in total. The summed E-state index contributed by atoms with van der Waals surface area (Å²) in [5.74, 6) is 0.715. The van der Waals surface area contributed by atoms with Crippen molar-refractivity contribution in [3.63, 3.8) is 0 Å². The highest BCUT2D eigenvalue weighted by molar-refractivity contribution is 5.46. The average molecular weight is 361 g/mol. The van der Waals surface area contributed by atoms with Crippen molar-refractivity contribution < 1.29 is 9.84 Å². The third-order valence-corrected chi connectivity index (χ3v) is 5.83. The van der Waals surface area contributed by atoms with E-state index in [0.29, 0.717) is 30.6 Å². The lowest BCUT2D eigenvalue weighted by molar-refractivity contribution is -0.0615. The van der Waals surface area contributed by atoms with Gasteiger partial charge >= 0.3 is 0 Å². The van der Waals surface area contributed by atoms with Crippen LogP contribution in [0.4, 0.5) is 5.69 Å². The van der Waals surface area contributed by atoms with Gasteiger partial charge in [-0.15, -0.1) is 0 Å². The third-order valence-electron chi connectivity index (χ3n) is 5.83. The summed E-state index contributed by atoms with van der Waals surface area (Å²) in [4.78, 5) is 4.78. The number of β-amino-alcohol motifs (C(OH)–C–C–N with tert-alkyl or cyclic N) is 1. The van der Waals surface area contributed by atoms with E-state index in [1.54, 1.807) is 0 Å². The third kappa shape index (κ3) is 5.70. The molecule has 0 unspecified atom stereocenters. The van der Waals surface area contributed by atoms with Gasteiger partial charge in [-0.3, -0.25) is 4.90 Å². The van der Waals surface area contributed by atoms with E-state index in [2.05, 4.69) is 60.9 Å². The van der Waals surface area contributed by atoms with Gasteiger partial charge in [0.2, 0.25) is 0 Å². The molecule has 1 aromatic rings. The summed E-state index contributed by atoms with van der Waals surface area (Å²) in [6.45, 7) is 12.2. The second-order valence-corrected chi connectivity index (χ2v) is 9.15. The normalized spacial score (nSPS) is 28.1. The molecule has 3 rings (SSSR count). The van der Waals surface area contributed by atoms with Crippen LogP contribution in [0.15, 0.2) is 30.3 Å². The van der Waals surface area contributed by atoms with Gasteiger partial charge in [0.25, 0.3) is 0 Å². The molecule has 0 radical (unpaired) electrons. The molecule has 1 aliphatic heterocycles. The molecule has 2 fully saturated rings. The molecule has 1 heterocycles. The van der Waals surface area contributed by atoms with Crippen molar-refractivity contribution >= 4 is 5.69 Å². The number of hydrogen-bond acceptors (Lipinski definition) is 4. The van der Waals surface area contributed by atoms with Gasteiger partial charge in [-0.05, 0) is 42.7 Å². The van der Waals surface area contributed by atoms with E-state index in [-0.39, 0.29) is 0 Å². The standard InChI is InChI=1S/C22H36N2O2/c1-18-13-21(15-22(2,3)14-18)26-17-20(25)16-23-9-11-24(12-10-23)19-7-5-4-6-8-19/h4-8,18,20-21,25H,9-17H2,1-3H3/t18-,20+,21+/m0/s1. The number of aliphatic hydroxyl groups excluding tert-OH is 1. The van der Waals surface area contributed by atoms with Gasteiger partial charge in [-0.25, -0.2) is 0 Å². The quantitative estimate of drug-likeness (QED) is 0.843. The fourth-order valence-corrected chi connectivity index (χ4v) is 4.81. The molecule has 0 amide bonds. The maximum atomic E-state index is 10.4. The lowest BCUT2D eigenvalue weighted by atomic mass is 9.71. The number of piperazine rings is 1. The van der Waals surface area contributed by atoms with Crippen LogP contribution in [-0.4, -0.2) is 61.5 Å². The molecule has 3 atom stereocenters. The summed E-state index contributed by atoms with van der Waals surface area (Å²) >= 11 is 0. The van der Waals surface area contributed by atoms with E-state index >= 15 is 0 Å². The number of aliphatic hydroxyl groups is 1. The van der Waals surface area contributed by atoms with Gasteiger partial charge < -0.3 is 14.7 Å². The zero-order valence-corrected chi connectivity index (χ0v) is 16.7. The Kier molecular flexibility index (Phi) is 6.60. The zero-order valence-electron chi connectivity index (χ0n) is 16.7. The van der Waals surface area contributed by atoms with Gasteiger partial charge in [0.05, 0.1) is 18.8 Å². The Hall–Kier alpha value is -1.10. The number of benzene rings is 1. The summed E-state index contributed by atoms with van der Waals surface area (Å²) < 4.78 is 6.10. The smallest absolute Gasteiger partial charge is 0.0900 e. The first kappa shape index (κ1) is 19.7. The molecular formula is C22H36N2O2. The molecule has 1 aromatic carbocycles. The van der Waals surface area contributed by atoms with Crippen LogP contribution in [0.1, 0.15) is 40.0 Å². The van der Waals surface area contributed by atoms with E-state index in [9.17, 15) is 5.11 Å². The van der Waals surface area contributed by atoms with Crippen LogP contribution < -0.4 is 4.90 Å². The maximum absolute atomic E-state index is 10.4. The van der Waals surface area contributed by atoms with Crippen LogP contribution >= 0.6 is 0 Å². The molecule has 0 aromatic heterocycles. The van der Waals surface area contributed by atoms with Crippen LogP contribution in [0, 0.1) is 11.3 Å². The van der Waals surface area contributed by atoms with E-state index < -0.39 is 6.10 Å². The fourth-order valence-electron chi connectivity index (χ4n) is 4.81. The highest BCUT2D eigenvalue weighted by Gasteiger charge is 2.32. The first-order valence-electron chi connectivity index (χ1n) is 10.2. The number of hydrogen-bond donors (Lipinski definition) is 1. The van der Waals surface area contributed by atoms with Gasteiger partial charge in [-0.1, -0.05) is 39.0 Å². The largest absolute Gasteiger partial charge is 0.389 e. The molecule has 0 spiro atoms. The summed E-state index contributed by atoms with van der Waals surface area (Å²) in [5.41, 5.74) is 1.66. The van der Waals surface area contributed by atoms with Gasteiger partial charge in [0, 0.05) is 38.4 Å². The highest BCUT2D eigenvalue weighted by atomic mass is 16.5. The Balaban J connectivity index is 1.37. The van der Waals surface area contributed by atoms with Gasteiger partial charge in [0.15, 0.2) is 0 Å². The molecular weight excluding hydrogens is 324 g/mol. The number of anilines is 1. The Morgan fingerprint density at radius 1 is 1.12 bits per heavy atom. The molecule has 4 heteroatoms. The van der Waals surface area contributed by atoms with E-state index in [1.165, 1.54) is 12.1 Å². The Morgan fingerprint density at radius 2 is 1.81 bits per heavy atom. The van der Waals surface area contributed by atoms with Crippen LogP contribution in [0.3, 0.4) is 0 Å². The first-order valence-corrected chi connectivity index (χ1v) is 10.2. The van der Waals surface area contributed by atoms with Crippen molar-refractivity contribution in [2.45, 2.75) is 52.2 Å². The molecule has 4 nitrogen and oxygen atoms in total. The molecule has 146 valence electrons. The summed E-state index contributed by atoms with van der Waals surface area (Å²) in [7, 11) is 0. The summed E-state index contributed by atoms with van der Waals surface area (Å²) in [6, 6.07) is 10.6. The zero-order chi connectivity index (χ0) is 18.6. The predicted molar refractivity (Wildman–Crippen MR) is 108 cm³/mol. The van der Waals surface area contributed by atoms with Gasteiger partial charge in [0.1, 0.15) is 0 Å². The minimum atomic E-state index is -0.390. The van der Waals surface area contributed by atoms with Crippen molar-refractivity contribution in [3.05, 3.63) is 30.3 Å². The number of rotatable bonds is 6. The molecule has 26 heavy (non-hydrogen) atoms. The molecule has 2 aliphatic rings. The molecule has 1 saturated heterocycles. The summed E-state index contributed by atoms with van der Waals surface area (Å²) in [6.07, 6.45) is 3.43. The Labute approximate surface area is 159 Å². The second-order valence-electron chi connectivity index (χ2n) is 9.15. The van der Waals surface area contributed by atoms with Crippen molar-refractivity contribution in [2.75, 3.05) is 44.2 Å². The topological polar surface area (TPSA) is 35.9 Å². The van der Waals surface area contributed by atoms with Crippen LogP contribution in [0.2, 0.25) is 0 Å². The van der Waals surface area contributed by atoms with Crippen molar-refractivity contribution in [1.29, 1.82) is 0 Å². The van der Waals surface area contributed by atoms with E-state index in [4.69, 9.17) is 4.74 Å². The van der Waals surface area contributed by atoms with Crippen molar-refractivity contribution in [1.82, 2.24) is 4.90 Å². The SMILES string of the molecule is C[C@H]1C[C@@H](OC[C@H](O)CN2CCN(c3ccccc3)CC2)CC(C)(C)C1. The monoisotopic (exact) mass is 360 g/mol. The first-order chi connectivity index (χ1) is 12.4. The number of para-hydroxylation sites is 1. The lowest BCUT2D eigenvalue weighted by Gasteiger charge is -2.39. The van der Waals surface area contributed by atoms with Crippen molar-refractivity contribution in [2.24, 2.45) is 11.3 Å². The van der Waals surface area contributed by atoms with Crippen LogP contribution in [-0.2, 0) is 4.74 Å². The Morgan fingerprint density at radius 3 is 2.46 bits per heavy atom. The lowest BCUT2D eigenvalue weighted by Crippen LogP contribution is -2.49. The molecule has 1 saturated carbocycles. The minimum Gasteiger partial charge on any atom is -0.389 e. The fraction of sp³-hybridized carbons (Fsp3) is 0.727. The second kappa shape index (κ2) is 8.73. The van der Waals surface area contributed by atoms with Crippen LogP contribution in [0.25, 0.3) is 0 Å². The summed E-state index contributed by atoms with van der Waals surface area (Å²) in [5, 5.41) is 10.4. The average Bonchev–Trinajstić information content (AvgIpc) is 2.60. The van der Waals surface area contributed by atoms with Crippen molar-refractivity contribution in [3.8, 4) is 0 Å². The highest BCUT2D eigenvalue weighted by Crippen LogP contribution is 2.39. The molecule has 1 aliphatic carbocycles. The minimum absolute atomic E-state index is 0.304. The van der Waals surface area contributed by atoms with Gasteiger partial charge in [-0.2, -0.15) is 0 Å². The molecule has 0 bridgehead atoms.